The molecule has 780 valence electrons. The summed E-state index contributed by atoms with van der Waals surface area (Å²) in [7, 11) is 0. The lowest BCUT2D eigenvalue weighted by atomic mass is 10.1. The van der Waals surface area contributed by atoms with Crippen molar-refractivity contribution in [3.8, 4) is 17.2 Å². The molecule has 1 amide bonds. The van der Waals surface area contributed by atoms with Gasteiger partial charge in [-0.2, -0.15) is 23.5 Å². The number of esters is 6. The Hall–Kier alpha value is -14.4. The van der Waals surface area contributed by atoms with Gasteiger partial charge in [0.2, 0.25) is 0 Å². The number of thioether (sulfide) groups is 2. The smallest absolute Gasteiger partial charge is 0.408 e. The first-order chi connectivity index (χ1) is 65.7. The lowest BCUT2D eigenvalue weighted by Gasteiger charge is -2.23. The second kappa shape index (κ2) is 76.7. The average Bonchev–Trinajstić information content (AvgIpc) is 0.857. The molecule has 0 radical (unpaired) electrons. The van der Waals surface area contributed by atoms with E-state index in [-0.39, 0.29) is 76.8 Å². The SMILES string of the molecule is CC(C)(C)OC(=O)NC(CCc1ccccc1)C(=O)Oc1cccc(CO[N+](=O)[O-])c1.CSCCC(N)C(=O)OCCCCC(CO[N+](=O)[O-])O[N+](=O)[O-].CSCCC(N)C(=O)OCCCCO[N+](=O)[O-].NC(CO)C(=O)OCCC(CO[N+](=O)[O-])O[N+](=O)[O-].NC(N)=NCCCC(N)C(=O)Oc1cccc(CCCO[N+](=O)[O-])c1.NC(N)=NCCCC(N)C(=O)Oc1cccc(CCO[N+](=O)[O-])c1. The molecule has 8 unspecified atom stereocenters. The number of alkyl carbamates (subject to hydrolysis) is 1. The van der Waals surface area contributed by atoms with Crippen LogP contribution in [0.2, 0.25) is 0 Å². The van der Waals surface area contributed by atoms with Gasteiger partial charge < -0.3 is 134 Å². The Kier molecular flexibility index (Phi) is 69.9. The summed E-state index contributed by atoms with van der Waals surface area (Å²) >= 11 is 3.19. The van der Waals surface area contributed by atoms with Crippen molar-refractivity contribution in [2.75, 3.05) is 96.6 Å². The maximum Gasteiger partial charge on any atom is 0.408 e. The number of hydrogen-bond acceptors (Lipinski definition) is 48. The number of benzene rings is 4. The lowest BCUT2D eigenvalue weighted by molar-refractivity contribution is -0.790. The van der Waals surface area contributed by atoms with Crippen LogP contribution in [-0.2, 0) is 112 Å². The zero-order valence-corrected chi connectivity index (χ0v) is 78.4. The zero-order chi connectivity index (χ0) is 105. The summed E-state index contributed by atoms with van der Waals surface area (Å²) in [6.45, 7) is 3.81. The molecule has 59 nitrogen and oxygen atoms in total. The minimum atomic E-state index is -1.27. The highest BCUT2D eigenvalue weighted by Crippen LogP contribution is 2.21. The van der Waals surface area contributed by atoms with Gasteiger partial charge in [0.1, 0.15) is 97.7 Å². The van der Waals surface area contributed by atoms with Crippen LogP contribution in [0.4, 0.5) is 4.79 Å². The Morgan fingerprint density at radius 3 is 1.20 bits per heavy atom. The van der Waals surface area contributed by atoms with E-state index in [1.165, 1.54) is 12.1 Å². The third-order valence-corrected chi connectivity index (χ3v) is 17.9. The second-order valence-corrected chi connectivity index (χ2v) is 31.0. The third kappa shape index (κ3) is 74.5. The van der Waals surface area contributed by atoms with Crippen molar-refractivity contribution in [2.45, 2.75) is 191 Å². The monoisotopic (exact) mass is 2030 g/mol. The van der Waals surface area contributed by atoms with E-state index in [1.54, 1.807) is 98.9 Å². The highest BCUT2D eigenvalue weighted by Gasteiger charge is 2.28. The molecule has 0 bridgehead atoms. The Balaban J connectivity index is 0. The predicted octanol–water partition coefficient (Wildman–Crippen LogP) is 2.85. The fourth-order valence-corrected chi connectivity index (χ4v) is 10.9. The van der Waals surface area contributed by atoms with E-state index in [1.807, 2.05) is 48.9 Å². The minimum absolute atomic E-state index is 0.00317. The van der Waals surface area contributed by atoms with Crippen LogP contribution in [-0.4, -0.2) is 250 Å². The number of carbonyl (C=O) groups is 7. The number of unbranched alkanes of at least 4 members (excludes halogenated alkanes) is 2. The Labute approximate surface area is 802 Å². The van der Waals surface area contributed by atoms with Crippen molar-refractivity contribution in [3.63, 3.8) is 0 Å². The van der Waals surface area contributed by atoms with Crippen LogP contribution in [0.25, 0.3) is 0 Å². The van der Waals surface area contributed by atoms with Crippen LogP contribution in [0.15, 0.2) is 113 Å². The molecule has 4 aromatic carbocycles. The molecule has 0 aliphatic rings. The number of aryl methyl sites for hydroxylation is 2. The number of nitrogens with two attached hydrogens (primary N) is 9. The summed E-state index contributed by atoms with van der Waals surface area (Å²) in [5.41, 5.74) is 51.0. The summed E-state index contributed by atoms with van der Waals surface area (Å²) in [6, 6.07) is 24.3. The number of ether oxygens (including phenoxy) is 7. The summed E-state index contributed by atoms with van der Waals surface area (Å²) in [5.74, 6) is -1.17. The molecule has 0 aliphatic heterocycles. The molecule has 0 saturated carbocycles. The zero-order valence-electron chi connectivity index (χ0n) is 76.8. The van der Waals surface area contributed by atoms with Crippen molar-refractivity contribution in [1.29, 1.82) is 0 Å². The number of aliphatic hydroxyl groups excluding tert-OH is 1. The molecule has 20 N–H and O–H groups in total. The number of guanidine groups is 2. The van der Waals surface area contributed by atoms with Crippen LogP contribution in [0.1, 0.15) is 133 Å². The number of carbonyl (C=O) groups excluding carboxylic acids is 7. The van der Waals surface area contributed by atoms with E-state index in [2.05, 4.69) is 58.7 Å². The quantitative estimate of drug-likeness (QED) is 0.00442. The van der Waals surface area contributed by atoms with Crippen molar-refractivity contribution >= 4 is 77.4 Å². The highest BCUT2D eigenvalue weighted by molar-refractivity contribution is 7.98. The highest BCUT2D eigenvalue weighted by atomic mass is 32.2. The van der Waals surface area contributed by atoms with Crippen LogP contribution < -0.4 is 71.1 Å². The van der Waals surface area contributed by atoms with Crippen molar-refractivity contribution < 1.29 is 151 Å². The van der Waals surface area contributed by atoms with E-state index < -0.39 is 156 Å². The van der Waals surface area contributed by atoms with Gasteiger partial charge in [-0.25, -0.2) is 19.2 Å². The van der Waals surface area contributed by atoms with E-state index in [4.69, 9.17) is 85.1 Å². The Morgan fingerprint density at radius 1 is 0.388 bits per heavy atom. The van der Waals surface area contributed by atoms with E-state index in [9.17, 15) is 114 Å². The molecule has 0 spiro atoms. The number of hydrogen-bond donors (Lipinski definition) is 11. The van der Waals surface area contributed by atoms with Crippen LogP contribution in [0.3, 0.4) is 0 Å². The molecule has 4 rings (SSSR count). The summed E-state index contributed by atoms with van der Waals surface area (Å²) in [4.78, 5) is 204. The van der Waals surface area contributed by atoms with E-state index in [0.717, 1.165) is 28.2 Å². The minimum Gasteiger partial charge on any atom is -0.465 e. The molecule has 0 aromatic heterocycles. The molecule has 0 aliphatic carbocycles. The molecule has 8 atom stereocenters. The first-order valence-corrected chi connectivity index (χ1v) is 44.7. The predicted molar refractivity (Wildman–Crippen MR) is 490 cm³/mol. The van der Waals surface area contributed by atoms with Gasteiger partial charge in [-0.15, -0.1) is 80.9 Å². The van der Waals surface area contributed by atoms with Gasteiger partial charge in [0, 0.05) is 19.5 Å². The molecule has 139 heavy (non-hydrogen) atoms. The maximum atomic E-state index is 12.8. The molecular formula is C78H122N20O39S2. The number of nitrogens with zero attached hydrogens (tertiary/aromatic N) is 10. The van der Waals surface area contributed by atoms with Gasteiger partial charge in [0.25, 0.3) is 40.7 Å². The molecule has 61 heteroatoms. The number of rotatable bonds is 64. The number of nitrogens with one attached hydrogen (secondary N) is 1. The standard InChI is InChI=1S/C22H26N2O7.C15H23N5O5.C14H21N5O5.C11H21N3O8S.C9H18N2O5S.C7H13N3O9/c1-22(2,3)31-21(26)23-19(13-12-16-8-5-4-6-9-16)20(25)30-18-11-7-10-17(14-18)15-29-24(27)28;16-13(7-2-8-19-15(17)18)14(21)25-12-6-1-4-11(10-12)5-3-9-24-20(22)23;15-12(5-2-7-18-14(16)17)13(20)24-11-4-1-3-10(9-11)6-8-23-19(21)22;1-23-7-5-10(12)11(15)20-6-3-2-4-9(22-14(18)19)8-21-13(16)17;1-17-7-4-8(10)9(12)15-5-2-3-6-16-11(13)14;8-6(3-11)7(12)17-2-1-5(19-10(15)16)4-18-9(13)14/h4-11,14,19H,12-13,15H2,1-3H3,(H,23,26);1,4,6,10,13H,2-3,5,7-9,16H2,(H4,17,18,19);1,3-4,9,12H,2,5-8,15H2,(H4,16,17,18);9-10H,2-8,12H2,1H3;8H,2-7,10H2,1H3;5-6,11H,1-4,8H2. The summed E-state index contributed by atoms with van der Waals surface area (Å²) in [6.07, 6.45) is 7.76. The van der Waals surface area contributed by atoms with Crippen molar-refractivity contribution in [3.05, 3.63) is 206 Å². The number of aliphatic imine (C=N–C) groups is 2. The lowest BCUT2D eigenvalue weighted by Crippen LogP contribution is -2.45. The fraction of sp³-hybridized carbons (Fsp3) is 0.577. The van der Waals surface area contributed by atoms with Crippen LogP contribution in [0.5, 0.6) is 17.2 Å². The average molecular weight is 2030 g/mol. The second-order valence-electron chi connectivity index (χ2n) is 29.1. The first-order valence-electron chi connectivity index (χ1n) is 41.9. The number of amides is 1. The summed E-state index contributed by atoms with van der Waals surface area (Å²) in [5, 5.41) is 84.0. The first kappa shape index (κ1) is 127. The van der Waals surface area contributed by atoms with Gasteiger partial charge in [-0.1, -0.05) is 66.7 Å². The normalized spacial score (nSPS) is 12.1. The number of aliphatic hydroxyl groups is 1. The summed E-state index contributed by atoms with van der Waals surface area (Å²) < 4.78 is 35.6. The van der Waals surface area contributed by atoms with Gasteiger partial charge >= 0.3 is 41.9 Å². The molecule has 4 aromatic rings. The molecule has 0 heterocycles. The van der Waals surface area contributed by atoms with Gasteiger partial charge in [0.15, 0.2) is 11.9 Å². The van der Waals surface area contributed by atoms with E-state index in [0.29, 0.717) is 126 Å². The van der Waals surface area contributed by atoms with Gasteiger partial charge in [-0.05, 0) is 206 Å². The van der Waals surface area contributed by atoms with Crippen LogP contribution >= 0.6 is 23.5 Å². The third-order valence-electron chi connectivity index (χ3n) is 16.6. The van der Waals surface area contributed by atoms with E-state index >= 15 is 0 Å². The fourth-order valence-electron chi connectivity index (χ4n) is 9.95. The van der Waals surface area contributed by atoms with Gasteiger partial charge in [0.05, 0.1) is 39.6 Å². The van der Waals surface area contributed by atoms with Crippen molar-refractivity contribution in [2.24, 2.45) is 61.6 Å². The molecule has 0 saturated heterocycles. The van der Waals surface area contributed by atoms with Gasteiger partial charge in [-0.3, -0.25) is 24.4 Å². The maximum absolute atomic E-state index is 12.8. The molecule has 0 fully saturated rings. The topological polar surface area (TPSA) is 894 Å². The molecular weight excluding hydrogens is 1910 g/mol. The Bertz CT molecular complexity index is 4380. The van der Waals surface area contributed by atoms with Crippen molar-refractivity contribution in [1.82, 2.24) is 5.32 Å². The Morgan fingerprint density at radius 2 is 0.770 bits per heavy atom. The largest absolute Gasteiger partial charge is 0.465 e. The van der Waals surface area contributed by atoms with Crippen LogP contribution in [0, 0.1) is 80.9 Å².